The first kappa shape index (κ1) is 11.6. The summed E-state index contributed by atoms with van der Waals surface area (Å²) in [5, 5.41) is 0. The third-order valence-electron chi connectivity index (χ3n) is 4.12. The van der Waals surface area contributed by atoms with Gasteiger partial charge in [0.05, 0.1) is 0 Å². The van der Waals surface area contributed by atoms with Gasteiger partial charge in [-0.3, -0.25) is 0 Å². The molecule has 0 aromatic heterocycles. The Bertz CT molecular complexity index is 204. The van der Waals surface area contributed by atoms with Crippen molar-refractivity contribution in [3.05, 3.63) is 0 Å². The first-order valence-corrected chi connectivity index (χ1v) is 6.28. The molecule has 1 saturated heterocycles. The van der Waals surface area contributed by atoms with Gasteiger partial charge in [0.15, 0.2) is 0 Å². The van der Waals surface area contributed by atoms with E-state index in [0.29, 0.717) is 5.41 Å². The van der Waals surface area contributed by atoms with Crippen molar-refractivity contribution in [1.29, 1.82) is 0 Å². The Morgan fingerprint density at radius 2 is 1.87 bits per heavy atom. The van der Waals surface area contributed by atoms with Gasteiger partial charge in [0.1, 0.15) is 14.6 Å². The van der Waals surface area contributed by atoms with Gasteiger partial charge in [0, 0.05) is 7.74 Å². The summed E-state index contributed by atoms with van der Waals surface area (Å²) in [6.07, 6.45) is 5.57. The molecule has 0 aromatic rings. The van der Waals surface area contributed by atoms with E-state index in [2.05, 4.69) is 25.9 Å². The average molecular weight is 199 g/mol. The van der Waals surface area contributed by atoms with Gasteiger partial charge in [-0.25, -0.2) is 0 Å². The van der Waals surface area contributed by atoms with Gasteiger partial charge >= 0.3 is 0 Å². The lowest BCUT2D eigenvalue weighted by Crippen LogP contribution is -2.47. The Morgan fingerprint density at radius 3 is 2.33 bits per heavy atom. The lowest BCUT2D eigenvalue weighted by molar-refractivity contribution is 0.0607. The van der Waals surface area contributed by atoms with Crippen molar-refractivity contribution in [2.45, 2.75) is 51.2 Å². The van der Waals surface area contributed by atoms with Crippen LogP contribution in [-0.2, 0) is 0 Å². The minimum Gasteiger partial charge on any atom is -0.356 e. The van der Waals surface area contributed by atoms with Crippen LogP contribution in [0.2, 0.25) is 11.6 Å². The van der Waals surface area contributed by atoms with Gasteiger partial charge in [-0.15, -0.1) is 0 Å². The van der Waals surface area contributed by atoms with Gasteiger partial charge in [0.25, 0.3) is 0 Å². The van der Waals surface area contributed by atoms with Crippen LogP contribution in [0.1, 0.15) is 39.5 Å². The second-order valence-electron chi connectivity index (χ2n) is 5.79. The summed E-state index contributed by atoms with van der Waals surface area (Å²) < 4.78 is 0. The Morgan fingerprint density at radius 1 is 1.27 bits per heavy atom. The molecule has 4 radical (unpaired) electrons. The zero-order valence-corrected chi connectivity index (χ0v) is 10.1. The molecular weight excluding hydrogens is 179 g/mol. The highest BCUT2D eigenvalue weighted by Gasteiger charge is 2.45. The lowest BCUT2D eigenvalue weighted by Gasteiger charge is -2.53. The first-order chi connectivity index (χ1) is 7.13. The van der Waals surface area contributed by atoms with E-state index in [1.807, 2.05) is 0 Å². The fourth-order valence-corrected chi connectivity index (χ4v) is 3.29. The Balaban J connectivity index is 1.73. The van der Waals surface area contributed by atoms with E-state index in [-0.39, 0.29) is 0 Å². The maximum atomic E-state index is 5.54. The third kappa shape index (κ3) is 2.64. The van der Waals surface area contributed by atoms with Crippen LogP contribution in [0.25, 0.3) is 0 Å². The van der Waals surface area contributed by atoms with E-state index in [9.17, 15) is 0 Å². The van der Waals surface area contributed by atoms with Gasteiger partial charge < -0.3 is 4.81 Å². The molecule has 1 heterocycles. The molecule has 1 saturated carbocycles. The number of hydrogen-bond donors (Lipinski definition) is 0. The molecular formula is C11H20B3N. The zero-order valence-electron chi connectivity index (χ0n) is 10.1. The van der Waals surface area contributed by atoms with Crippen LogP contribution in [0, 0.1) is 5.41 Å². The molecule has 78 valence electrons. The molecule has 1 aliphatic carbocycles. The molecule has 0 unspecified atom stereocenters. The molecule has 0 aromatic carbocycles. The van der Waals surface area contributed by atoms with Crippen LogP contribution in [0.4, 0.5) is 0 Å². The van der Waals surface area contributed by atoms with E-state index in [1.54, 1.807) is 7.31 Å². The van der Waals surface area contributed by atoms with E-state index in [1.165, 1.54) is 38.8 Å². The largest absolute Gasteiger partial charge is 0.356 e. The van der Waals surface area contributed by atoms with Crippen molar-refractivity contribution in [3.63, 3.8) is 0 Å². The minimum absolute atomic E-state index is 0.690. The molecule has 2 rings (SSSR count). The van der Waals surface area contributed by atoms with Crippen LogP contribution in [0.3, 0.4) is 0 Å². The van der Waals surface area contributed by atoms with Crippen LogP contribution in [-0.4, -0.2) is 40.2 Å². The Kier molecular flexibility index (Phi) is 3.54. The standard InChI is InChI=1S/C11H20B3N/c1-9(2)13-10-7-11(8-10)3-5-15(14-12)6-4-11/h9-10H,3-8H2,1-2H3. The quantitative estimate of drug-likeness (QED) is 0.627. The van der Waals surface area contributed by atoms with Crippen molar-refractivity contribution in [2.75, 3.05) is 13.1 Å². The van der Waals surface area contributed by atoms with E-state index in [4.69, 9.17) is 7.74 Å². The topological polar surface area (TPSA) is 3.24 Å². The van der Waals surface area contributed by atoms with Crippen molar-refractivity contribution < 1.29 is 0 Å². The number of piperidine rings is 1. The summed E-state index contributed by atoms with van der Waals surface area (Å²) >= 11 is 0. The van der Waals surface area contributed by atoms with Gasteiger partial charge in [-0.1, -0.05) is 38.3 Å². The summed E-state index contributed by atoms with van der Waals surface area (Å²) in [6, 6.07) is 0. The fourth-order valence-electron chi connectivity index (χ4n) is 3.29. The summed E-state index contributed by atoms with van der Waals surface area (Å²) in [7, 11) is 9.83. The SMILES string of the molecule is [B][B]N1CCC2(CC1)CC([B]C(C)C)C2. The van der Waals surface area contributed by atoms with Crippen molar-refractivity contribution in [1.82, 2.24) is 4.81 Å². The zero-order chi connectivity index (χ0) is 10.9. The molecule has 0 amide bonds. The minimum atomic E-state index is 0.690. The van der Waals surface area contributed by atoms with Crippen LogP contribution in [0.15, 0.2) is 0 Å². The number of hydrogen-bond acceptors (Lipinski definition) is 1. The monoisotopic (exact) mass is 199 g/mol. The summed E-state index contributed by atoms with van der Waals surface area (Å²) in [4.78, 5) is 2.25. The van der Waals surface area contributed by atoms with Crippen molar-refractivity contribution >= 4 is 22.3 Å². The average Bonchev–Trinajstić information content (AvgIpc) is 2.16. The highest BCUT2D eigenvalue weighted by Crippen LogP contribution is 2.55. The van der Waals surface area contributed by atoms with E-state index >= 15 is 0 Å². The fraction of sp³-hybridized carbons (Fsp3) is 1.00. The molecule has 2 fully saturated rings. The highest BCUT2D eigenvalue weighted by molar-refractivity contribution is 6.87. The second-order valence-corrected chi connectivity index (χ2v) is 5.79. The molecule has 1 spiro atoms. The highest BCUT2D eigenvalue weighted by atomic mass is 15.0. The molecule has 0 N–H and O–H groups in total. The predicted octanol–water partition coefficient (Wildman–Crippen LogP) is 1.89. The lowest BCUT2D eigenvalue weighted by atomic mass is 9.41. The van der Waals surface area contributed by atoms with Crippen LogP contribution < -0.4 is 0 Å². The smallest absolute Gasteiger partial charge is 0.148 e. The van der Waals surface area contributed by atoms with Gasteiger partial charge in [-0.2, -0.15) is 0 Å². The third-order valence-corrected chi connectivity index (χ3v) is 4.12. The van der Waals surface area contributed by atoms with E-state index < -0.39 is 0 Å². The normalized spacial score (nSPS) is 26.6. The van der Waals surface area contributed by atoms with Crippen molar-refractivity contribution in [3.8, 4) is 0 Å². The van der Waals surface area contributed by atoms with E-state index in [0.717, 1.165) is 11.6 Å². The molecule has 1 nitrogen and oxygen atoms in total. The van der Waals surface area contributed by atoms with Gasteiger partial charge in [-0.05, 0) is 31.3 Å². The maximum Gasteiger partial charge on any atom is 0.148 e. The van der Waals surface area contributed by atoms with Gasteiger partial charge in [0.2, 0.25) is 0 Å². The number of rotatable bonds is 3. The molecule has 15 heavy (non-hydrogen) atoms. The molecule has 1 aliphatic heterocycles. The molecule has 2 aliphatic rings. The number of nitrogens with zero attached hydrogens (tertiary/aromatic N) is 1. The van der Waals surface area contributed by atoms with Crippen molar-refractivity contribution in [2.24, 2.45) is 5.41 Å². The maximum absolute atomic E-state index is 5.54. The summed E-state index contributed by atoms with van der Waals surface area (Å²) in [5.74, 6) is 1.66. The van der Waals surface area contributed by atoms with Crippen LogP contribution >= 0.6 is 0 Å². The predicted molar refractivity (Wildman–Crippen MR) is 68.6 cm³/mol. The summed E-state index contributed by atoms with van der Waals surface area (Å²) in [5.41, 5.74) is 0.690. The first-order valence-electron chi connectivity index (χ1n) is 6.28. The van der Waals surface area contributed by atoms with Crippen LogP contribution in [0.5, 0.6) is 0 Å². The Labute approximate surface area is 97.3 Å². The summed E-state index contributed by atoms with van der Waals surface area (Å²) in [6.45, 7) is 6.92. The molecule has 0 atom stereocenters. The molecule has 0 bridgehead atoms. The Hall–Kier alpha value is 0.155. The second kappa shape index (κ2) is 4.57. The molecule has 4 heteroatoms.